The number of benzene rings is 1. The van der Waals surface area contributed by atoms with Gasteiger partial charge in [-0.05, 0) is 43.2 Å². The van der Waals surface area contributed by atoms with Gasteiger partial charge in [0.05, 0.1) is 18.0 Å². The Morgan fingerprint density at radius 2 is 1.77 bits per heavy atom. The van der Waals surface area contributed by atoms with Gasteiger partial charge in [0.1, 0.15) is 6.23 Å². The van der Waals surface area contributed by atoms with Gasteiger partial charge in [0, 0.05) is 25.5 Å². The molecule has 2 N–H and O–H groups in total. The second-order valence-corrected chi connectivity index (χ2v) is 8.75. The first-order valence-corrected chi connectivity index (χ1v) is 11.0. The van der Waals surface area contributed by atoms with Crippen LogP contribution in [0.5, 0.6) is 0 Å². The highest BCUT2D eigenvalue weighted by molar-refractivity contribution is 7.89. The first-order valence-electron chi connectivity index (χ1n) is 9.53. The van der Waals surface area contributed by atoms with Crippen molar-refractivity contribution < 1.29 is 22.7 Å². The number of nitrogens with zero attached hydrogens (tertiary/aromatic N) is 2. The Labute approximate surface area is 175 Å². The first-order chi connectivity index (χ1) is 14.4. The van der Waals surface area contributed by atoms with Crippen LogP contribution in [-0.4, -0.2) is 55.4 Å². The van der Waals surface area contributed by atoms with Gasteiger partial charge in [-0.15, -0.1) is 0 Å². The molecule has 160 valence electrons. The summed E-state index contributed by atoms with van der Waals surface area (Å²) in [5, 5.41) is 4.96. The fraction of sp³-hybridized carbons (Fsp3) is 0.350. The van der Waals surface area contributed by atoms with Crippen LogP contribution in [0.3, 0.4) is 0 Å². The number of carbonyl (C=O) groups is 2. The zero-order valence-electron chi connectivity index (χ0n) is 16.6. The highest BCUT2D eigenvalue weighted by Gasteiger charge is 2.34. The van der Waals surface area contributed by atoms with Crippen molar-refractivity contribution in [2.75, 3.05) is 19.7 Å². The quantitative estimate of drug-likeness (QED) is 0.644. The number of sulfonamides is 1. The van der Waals surface area contributed by atoms with Crippen molar-refractivity contribution >= 4 is 21.8 Å². The standard InChI is InChI=1S/C20H24N4O5S/c1-15-3-5-17(6-4-15)30(27,28)24-11-2-12-29-18(24)14-23-20(26)19(25)22-13-16-7-9-21-10-8-16/h3-10,18H,2,11-14H2,1H3,(H,22,25)(H,23,26)/t18-/m1/s1. The molecular weight excluding hydrogens is 408 g/mol. The van der Waals surface area contributed by atoms with Gasteiger partial charge in [-0.1, -0.05) is 17.7 Å². The van der Waals surface area contributed by atoms with Crippen molar-refractivity contribution in [2.45, 2.75) is 31.0 Å². The number of rotatable bonds is 6. The largest absolute Gasteiger partial charge is 0.360 e. The van der Waals surface area contributed by atoms with Crippen LogP contribution < -0.4 is 10.6 Å². The summed E-state index contributed by atoms with van der Waals surface area (Å²) in [7, 11) is -3.79. The molecule has 1 aromatic heterocycles. The third-order valence-electron chi connectivity index (χ3n) is 4.63. The number of amides is 2. The monoisotopic (exact) mass is 432 g/mol. The number of aryl methyl sites for hydroxylation is 1. The molecule has 2 aromatic rings. The van der Waals surface area contributed by atoms with Gasteiger partial charge in [-0.25, -0.2) is 8.42 Å². The van der Waals surface area contributed by atoms with E-state index in [1.165, 1.54) is 4.31 Å². The van der Waals surface area contributed by atoms with E-state index in [0.29, 0.717) is 13.0 Å². The lowest BCUT2D eigenvalue weighted by Crippen LogP contribution is -2.53. The van der Waals surface area contributed by atoms with Crippen LogP contribution in [0.4, 0.5) is 0 Å². The Morgan fingerprint density at radius 1 is 1.10 bits per heavy atom. The van der Waals surface area contributed by atoms with Crippen molar-refractivity contribution in [1.29, 1.82) is 0 Å². The summed E-state index contributed by atoms with van der Waals surface area (Å²) in [5.74, 6) is -1.67. The van der Waals surface area contributed by atoms with E-state index < -0.39 is 28.1 Å². The van der Waals surface area contributed by atoms with E-state index >= 15 is 0 Å². The smallest absolute Gasteiger partial charge is 0.309 e. The number of pyridine rings is 1. The zero-order chi connectivity index (χ0) is 21.6. The van der Waals surface area contributed by atoms with Gasteiger partial charge in [-0.2, -0.15) is 4.31 Å². The average molecular weight is 433 g/mol. The van der Waals surface area contributed by atoms with Crippen molar-refractivity contribution in [3.8, 4) is 0 Å². The predicted molar refractivity (Wildman–Crippen MR) is 109 cm³/mol. The number of ether oxygens (including phenoxy) is 1. The number of nitrogens with one attached hydrogen (secondary N) is 2. The van der Waals surface area contributed by atoms with Gasteiger partial charge >= 0.3 is 11.8 Å². The minimum Gasteiger partial charge on any atom is -0.360 e. The normalized spacial score (nSPS) is 17.3. The number of hydrogen-bond acceptors (Lipinski definition) is 6. The molecule has 30 heavy (non-hydrogen) atoms. The highest BCUT2D eigenvalue weighted by Crippen LogP contribution is 2.22. The van der Waals surface area contributed by atoms with Gasteiger partial charge in [-0.3, -0.25) is 14.6 Å². The lowest BCUT2D eigenvalue weighted by Gasteiger charge is -2.34. The van der Waals surface area contributed by atoms with Gasteiger partial charge in [0.2, 0.25) is 10.0 Å². The second-order valence-electron chi connectivity index (χ2n) is 6.86. The van der Waals surface area contributed by atoms with E-state index in [9.17, 15) is 18.0 Å². The maximum absolute atomic E-state index is 13.0. The maximum atomic E-state index is 13.0. The van der Waals surface area contributed by atoms with Crippen LogP contribution in [0.25, 0.3) is 0 Å². The van der Waals surface area contributed by atoms with E-state index in [1.807, 2.05) is 6.92 Å². The molecule has 1 atom stereocenters. The lowest BCUT2D eigenvalue weighted by molar-refractivity contribution is -0.140. The van der Waals surface area contributed by atoms with Crippen LogP contribution >= 0.6 is 0 Å². The Morgan fingerprint density at radius 3 is 2.47 bits per heavy atom. The van der Waals surface area contributed by atoms with E-state index in [1.54, 1.807) is 48.8 Å². The van der Waals surface area contributed by atoms with Crippen molar-refractivity contribution in [3.63, 3.8) is 0 Å². The van der Waals surface area contributed by atoms with Gasteiger partial charge in [0.25, 0.3) is 0 Å². The first kappa shape index (κ1) is 21.9. The molecule has 1 aromatic carbocycles. The van der Waals surface area contributed by atoms with Crippen molar-refractivity contribution in [2.24, 2.45) is 0 Å². The summed E-state index contributed by atoms with van der Waals surface area (Å²) in [6.07, 6.45) is 2.83. The Hall–Kier alpha value is -2.82. The number of carbonyl (C=O) groups excluding carboxylic acids is 2. The molecule has 0 spiro atoms. The molecule has 2 amide bonds. The molecule has 3 rings (SSSR count). The zero-order valence-corrected chi connectivity index (χ0v) is 17.4. The summed E-state index contributed by atoms with van der Waals surface area (Å²) in [6.45, 7) is 2.56. The molecule has 2 heterocycles. The third-order valence-corrected chi connectivity index (χ3v) is 6.53. The number of aromatic nitrogens is 1. The van der Waals surface area contributed by atoms with E-state index in [2.05, 4.69) is 15.6 Å². The minimum atomic E-state index is -3.79. The molecule has 0 aliphatic carbocycles. The van der Waals surface area contributed by atoms with E-state index in [-0.39, 0.29) is 24.5 Å². The van der Waals surface area contributed by atoms with Crippen LogP contribution in [0.15, 0.2) is 53.7 Å². The summed E-state index contributed by atoms with van der Waals surface area (Å²) >= 11 is 0. The topological polar surface area (TPSA) is 118 Å². The third kappa shape index (κ3) is 5.41. The van der Waals surface area contributed by atoms with Crippen LogP contribution in [0, 0.1) is 6.92 Å². The maximum Gasteiger partial charge on any atom is 0.309 e. The summed E-state index contributed by atoms with van der Waals surface area (Å²) in [5.41, 5.74) is 1.75. The minimum absolute atomic E-state index is 0.132. The molecule has 1 saturated heterocycles. The molecular formula is C20H24N4O5S. The van der Waals surface area contributed by atoms with Crippen LogP contribution in [-0.2, 0) is 30.9 Å². The van der Waals surface area contributed by atoms with Gasteiger partial charge < -0.3 is 15.4 Å². The second kappa shape index (κ2) is 9.79. The Bertz CT molecular complexity index is 980. The Balaban J connectivity index is 1.59. The molecule has 9 nitrogen and oxygen atoms in total. The molecule has 0 unspecified atom stereocenters. The summed E-state index contributed by atoms with van der Waals surface area (Å²) in [4.78, 5) is 28.2. The fourth-order valence-corrected chi connectivity index (χ4v) is 4.54. The van der Waals surface area contributed by atoms with Crippen LogP contribution in [0.1, 0.15) is 17.5 Å². The molecule has 1 fully saturated rings. The van der Waals surface area contributed by atoms with Crippen LogP contribution in [0.2, 0.25) is 0 Å². The molecule has 1 aliphatic heterocycles. The Kier molecular flexibility index (Phi) is 7.14. The molecule has 0 radical (unpaired) electrons. The molecule has 10 heteroatoms. The fourth-order valence-electron chi connectivity index (χ4n) is 2.97. The predicted octanol–water partition coefficient (Wildman–Crippen LogP) is 0.560. The SMILES string of the molecule is Cc1ccc(S(=O)(=O)N2CCCO[C@@H]2CNC(=O)C(=O)NCc2ccncc2)cc1. The van der Waals surface area contributed by atoms with Gasteiger partial charge in [0.15, 0.2) is 0 Å². The van der Waals surface area contributed by atoms with E-state index in [4.69, 9.17) is 4.74 Å². The summed E-state index contributed by atoms with van der Waals surface area (Å²) < 4.78 is 32.8. The average Bonchev–Trinajstić information content (AvgIpc) is 2.77. The highest BCUT2D eigenvalue weighted by atomic mass is 32.2. The molecule has 1 aliphatic rings. The lowest BCUT2D eigenvalue weighted by atomic mass is 10.2. The molecule has 0 saturated carbocycles. The summed E-state index contributed by atoms with van der Waals surface area (Å²) in [6, 6.07) is 9.98. The van der Waals surface area contributed by atoms with Crippen molar-refractivity contribution in [1.82, 2.24) is 19.9 Å². The molecule has 0 bridgehead atoms. The van der Waals surface area contributed by atoms with Crippen molar-refractivity contribution in [3.05, 3.63) is 59.9 Å². The van der Waals surface area contributed by atoms with E-state index in [0.717, 1.165) is 11.1 Å². The number of hydrogen-bond donors (Lipinski definition) is 2.